The highest BCUT2D eigenvalue weighted by atomic mass is 35.5. The van der Waals surface area contributed by atoms with Crippen LogP contribution in [0.2, 0.25) is 5.02 Å². The molecule has 0 fully saturated rings. The van der Waals surface area contributed by atoms with Crippen LogP contribution < -0.4 is 0 Å². The summed E-state index contributed by atoms with van der Waals surface area (Å²) in [5.74, 6) is -0.805. The summed E-state index contributed by atoms with van der Waals surface area (Å²) in [4.78, 5) is 0. The molecular weight excluding hydrogens is 333 g/mol. The predicted molar refractivity (Wildman–Crippen MR) is 81.5 cm³/mol. The van der Waals surface area contributed by atoms with Crippen LogP contribution in [0.3, 0.4) is 0 Å². The van der Waals surface area contributed by atoms with Gasteiger partial charge < -0.3 is 9.84 Å². The van der Waals surface area contributed by atoms with Crippen molar-refractivity contribution in [3.63, 3.8) is 0 Å². The Morgan fingerprint density at radius 1 is 1.41 bits per heavy atom. The number of hydrogen-bond acceptors (Lipinski definition) is 4. The fourth-order valence-corrected chi connectivity index (χ4v) is 3.47. The molecule has 1 aliphatic rings. The summed E-state index contributed by atoms with van der Waals surface area (Å²) >= 11 is 5.79. The molecular formula is C14H19ClFNO4S. The molecule has 0 amide bonds. The Hall–Kier alpha value is -0.730. The zero-order chi connectivity index (χ0) is 16.9. The van der Waals surface area contributed by atoms with Crippen LogP contribution in [0.1, 0.15) is 44.2 Å². The van der Waals surface area contributed by atoms with Crippen molar-refractivity contribution >= 4 is 21.6 Å². The Kier molecular flexibility index (Phi) is 4.58. The van der Waals surface area contributed by atoms with E-state index in [9.17, 15) is 17.9 Å². The van der Waals surface area contributed by atoms with Crippen molar-refractivity contribution in [3.8, 4) is 0 Å². The van der Waals surface area contributed by atoms with Crippen molar-refractivity contribution in [2.45, 2.75) is 38.7 Å². The molecule has 2 unspecified atom stereocenters. The van der Waals surface area contributed by atoms with Crippen LogP contribution in [0.4, 0.5) is 4.39 Å². The summed E-state index contributed by atoms with van der Waals surface area (Å²) < 4.78 is 44.8. The molecule has 0 saturated carbocycles. The van der Waals surface area contributed by atoms with Gasteiger partial charge in [-0.3, -0.25) is 0 Å². The van der Waals surface area contributed by atoms with E-state index in [0.29, 0.717) is 5.56 Å². The van der Waals surface area contributed by atoms with Gasteiger partial charge in [0.05, 0.1) is 16.4 Å². The molecule has 124 valence electrons. The minimum absolute atomic E-state index is 0.113. The summed E-state index contributed by atoms with van der Waals surface area (Å²) in [5.41, 5.74) is -0.421. The maximum Gasteiger partial charge on any atom is 0.216 e. The van der Waals surface area contributed by atoms with Crippen molar-refractivity contribution in [3.05, 3.63) is 34.1 Å². The van der Waals surface area contributed by atoms with E-state index in [2.05, 4.69) is 0 Å². The summed E-state index contributed by atoms with van der Waals surface area (Å²) in [6.45, 7) is 4.78. The van der Waals surface area contributed by atoms with Crippen molar-refractivity contribution < 1.29 is 22.7 Å². The van der Waals surface area contributed by atoms with Gasteiger partial charge in [-0.1, -0.05) is 11.6 Å². The van der Waals surface area contributed by atoms with E-state index in [0.717, 1.165) is 10.4 Å². The third-order valence-corrected chi connectivity index (χ3v) is 5.98. The van der Waals surface area contributed by atoms with Gasteiger partial charge in [-0.25, -0.2) is 12.8 Å². The monoisotopic (exact) mass is 351 g/mol. The van der Waals surface area contributed by atoms with E-state index in [1.807, 2.05) is 0 Å². The van der Waals surface area contributed by atoms with Crippen LogP contribution >= 0.6 is 11.6 Å². The number of sulfonamides is 1. The van der Waals surface area contributed by atoms with Crippen LogP contribution in [0.25, 0.3) is 0 Å². The number of halogens is 2. The second-order valence-corrected chi connectivity index (χ2v) is 8.51. The first kappa shape index (κ1) is 17.6. The Morgan fingerprint density at radius 3 is 2.55 bits per heavy atom. The third-order valence-electron chi connectivity index (χ3n) is 3.89. The van der Waals surface area contributed by atoms with Crippen LogP contribution in [-0.4, -0.2) is 36.2 Å². The van der Waals surface area contributed by atoms with Crippen LogP contribution in [0.5, 0.6) is 0 Å². The van der Waals surface area contributed by atoms with Gasteiger partial charge in [-0.15, -0.1) is 0 Å². The normalized spacial score (nSPS) is 24.4. The summed E-state index contributed by atoms with van der Waals surface area (Å²) in [7, 11) is -2.19. The molecule has 0 aromatic heterocycles. The number of fused-ring (bicyclic) bond motifs is 1. The second-order valence-electron chi connectivity index (χ2n) is 5.79. The average molecular weight is 352 g/mol. The molecule has 0 bridgehead atoms. The first-order valence-electron chi connectivity index (χ1n) is 6.81. The first-order chi connectivity index (χ1) is 10.0. The molecule has 0 saturated heterocycles. The number of aliphatic hydroxyl groups excluding tert-OH is 1. The van der Waals surface area contributed by atoms with Gasteiger partial charge in [-0.2, -0.15) is 4.31 Å². The Balaban J connectivity index is 2.63. The number of rotatable bonds is 3. The van der Waals surface area contributed by atoms with Crippen molar-refractivity contribution in [1.29, 1.82) is 0 Å². The molecule has 2 atom stereocenters. The highest BCUT2D eigenvalue weighted by Gasteiger charge is 2.44. The predicted octanol–water partition coefficient (Wildman–Crippen LogP) is 2.60. The fraction of sp³-hybridized carbons (Fsp3) is 0.571. The lowest BCUT2D eigenvalue weighted by molar-refractivity contribution is -0.181. The summed E-state index contributed by atoms with van der Waals surface area (Å²) in [6.07, 6.45) is -2.07. The van der Waals surface area contributed by atoms with Gasteiger partial charge in [0.1, 0.15) is 11.9 Å². The lowest BCUT2D eigenvalue weighted by atomic mass is 9.87. The number of hydrogen-bond donors (Lipinski definition) is 1. The molecule has 2 rings (SSSR count). The van der Waals surface area contributed by atoms with Gasteiger partial charge in [0.25, 0.3) is 0 Å². The van der Waals surface area contributed by atoms with E-state index >= 15 is 0 Å². The number of benzene rings is 1. The first-order valence-corrected chi connectivity index (χ1v) is 8.80. The highest BCUT2D eigenvalue weighted by Crippen LogP contribution is 2.45. The molecule has 0 aliphatic carbocycles. The molecule has 0 spiro atoms. The standard InChI is InChI=1S/C14H19ClFNO4S/c1-5-22(19,20)17(4)13-9-7-11(16)10(15)6-8(9)12(18)14(2,3)21-13/h6-7,12-13,18H,5H2,1-4H3. The van der Waals surface area contributed by atoms with E-state index in [4.69, 9.17) is 16.3 Å². The Labute approximate surface area is 134 Å². The maximum absolute atomic E-state index is 13.8. The van der Waals surface area contributed by atoms with Crippen molar-refractivity contribution in [2.75, 3.05) is 12.8 Å². The van der Waals surface area contributed by atoms with Crippen LogP contribution in [0, 0.1) is 5.82 Å². The topological polar surface area (TPSA) is 66.8 Å². The van der Waals surface area contributed by atoms with E-state index in [1.54, 1.807) is 13.8 Å². The number of nitrogens with zero attached hydrogens (tertiary/aromatic N) is 1. The molecule has 1 aliphatic heterocycles. The van der Waals surface area contributed by atoms with Crippen LogP contribution in [0.15, 0.2) is 12.1 Å². The zero-order valence-electron chi connectivity index (χ0n) is 12.8. The minimum Gasteiger partial charge on any atom is -0.385 e. The summed E-state index contributed by atoms with van der Waals surface area (Å²) in [6, 6.07) is 2.43. The Bertz CT molecular complexity index is 692. The quantitative estimate of drug-likeness (QED) is 0.909. The van der Waals surface area contributed by atoms with Crippen molar-refractivity contribution in [1.82, 2.24) is 4.31 Å². The van der Waals surface area contributed by atoms with E-state index < -0.39 is 33.8 Å². The smallest absolute Gasteiger partial charge is 0.216 e. The summed E-state index contributed by atoms with van der Waals surface area (Å²) in [5, 5.41) is 10.3. The van der Waals surface area contributed by atoms with Crippen LogP contribution in [-0.2, 0) is 14.8 Å². The SMILES string of the molecule is CCS(=O)(=O)N(C)C1OC(C)(C)C(O)c2cc(Cl)c(F)cc21. The lowest BCUT2D eigenvalue weighted by Gasteiger charge is -2.43. The molecule has 1 N–H and O–H groups in total. The molecule has 1 heterocycles. The second kappa shape index (κ2) is 5.72. The van der Waals surface area contributed by atoms with Gasteiger partial charge in [0.2, 0.25) is 10.0 Å². The molecule has 5 nitrogen and oxygen atoms in total. The largest absolute Gasteiger partial charge is 0.385 e. The van der Waals surface area contributed by atoms with Gasteiger partial charge >= 0.3 is 0 Å². The molecule has 22 heavy (non-hydrogen) atoms. The maximum atomic E-state index is 13.8. The number of aliphatic hydroxyl groups is 1. The van der Waals surface area contributed by atoms with Gasteiger partial charge in [0, 0.05) is 12.6 Å². The van der Waals surface area contributed by atoms with E-state index in [1.165, 1.54) is 20.0 Å². The average Bonchev–Trinajstić information content (AvgIpc) is 2.44. The molecule has 1 aromatic rings. The fourth-order valence-electron chi connectivity index (χ4n) is 2.44. The van der Waals surface area contributed by atoms with Gasteiger partial charge in [-0.05, 0) is 38.5 Å². The van der Waals surface area contributed by atoms with Crippen molar-refractivity contribution in [2.24, 2.45) is 0 Å². The molecule has 8 heteroatoms. The van der Waals surface area contributed by atoms with Gasteiger partial charge in [0.15, 0.2) is 6.23 Å². The lowest BCUT2D eigenvalue weighted by Crippen LogP contribution is -2.45. The van der Waals surface area contributed by atoms with E-state index in [-0.39, 0.29) is 16.3 Å². The third kappa shape index (κ3) is 2.88. The Morgan fingerprint density at radius 2 is 2.00 bits per heavy atom. The zero-order valence-corrected chi connectivity index (χ0v) is 14.4. The minimum atomic E-state index is -3.56. The molecule has 0 radical (unpaired) electrons. The number of ether oxygens (including phenoxy) is 1. The molecule has 1 aromatic carbocycles. The highest BCUT2D eigenvalue weighted by molar-refractivity contribution is 7.89.